The van der Waals surface area contributed by atoms with Gasteiger partial charge >= 0.3 is 0 Å². The molecule has 0 saturated heterocycles. The summed E-state index contributed by atoms with van der Waals surface area (Å²) in [5.74, 6) is 0.275. The number of halogens is 1. The lowest BCUT2D eigenvalue weighted by Gasteiger charge is -2.09. The molecule has 1 aromatic heterocycles. The maximum Gasteiger partial charge on any atom is 0.297 e. The number of hydrogen-bond donors (Lipinski definition) is 0. The van der Waals surface area contributed by atoms with Gasteiger partial charge < -0.3 is 23.7 Å². The molecule has 0 unspecified atom stereocenters. The van der Waals surface area contributed by atoms with Gasteiger partial charge in [-0.05, 0) is 41.1 Å². The first-order chi connectivity index (χ1) is 16.9. The fraction of sp³-hybridized carbons (Fsp3) is 0.478. The maximum absolute atomic E-state index is 12.0. The lowest BCUT2D eigenvalue weighted by molar-refractivity contribution is -0.00694. The number of aryl methyl sites for hydroxylation is 1. The summed E-state index contributed by atoms with van der Waals surface area (Å²) in [6.07, 6.45) is 1.56. The second kappa shape index (κ2) is 16.5. The summed E-state index contributed by atoms with van der Waals surface area (Å²) in [7, 11) is -3.77. The second-order valence-electron chi connectivity index (χ2n) is 7.01. The van der Waals surface area contributed by atoms with Gasteiger partial charge in [-0.2, -0.15) is 13.7 Å². The predicted octanol–water partition coefficient (Wildman–Crippen LogP) is 2.87. The van der Waals surface area contributed by atoms with Gasteiger partial charge in [0.05, 0.1) is 64.4 Å². The van der Waals surface area contributed by atoms with E-state index in [9.17, 15) is 8.42 Å². The van der Waals surface area contributed by atoms with Gasteiger partial charge in [0.2, 0.25) is 5.88 Å². The minimum Gasteiger partial charge on any atom is -0.474 e. The summed E-state index contributed by atoms with van der Waals surface area (Å²) in [6, 6.07) is 10.1. The van der Waals surface area contributed by atoms with E-state index in [1.54, 1.807) is 24.4 Å². The Hall–Kier alpha value is -2.11. The van der Waals surface area contributed by atoms with Crippen LogP contribution in [0, 0.1) is 18.3 Å². The van der Waals surface area contributed by atoms with Crippen LogP contribution in [0.2, 0.25) is 0 Å². The van der Waals surface area contributed by atoms with Crippen molar-refractivity contribution in [3.05, 3.63) is 52.1 Å². The molecule has 35 heavy (non-hydrogen) atoms. The van der Waals surface area contributed by atoms with Crippen molar-refractivity contribution < 1.29 is 36.3 Å². The zero-order valence-corrected chi connectivity index (χ0v) is 21.9. The van der Waals surface area contributed by atoms with E-state index in [-0.39, 0.29) is 30.6 Å². The van der Waals surface area contributed by atoms with Crippen molar-refractivity contribution in [3.63, 3.8) is 0 Å². The normalized spacial score (nSPS) is 11.3. The molecule has 10 nitrogen and oxygen atoms in total. The van der Waals surface area contributed by atoms with E-state index < -0.39 is 10.1 Å². The quantitative estimate of drug-likeness (QED) is 0.194. The smallest absolute Gasteiger partial charge is 0.297 e. The van der Waals surface area contributed by atoms with Gasteiger partial charge in [-0.25, -0.2) is 4.98 Å². The summed E-state index contributed by atoms with van der Waals surface area (Å²) in [4.78, 5) is 4.17. The van der Waals surface area contributed by atoms with Crippen LogP contribution < -0.4 is 4.74 Å². The molecular formula is C23H29BrN2O8S. The third kappa shape index (κ3) is 11.9. The molecule has 0 saturated carbocycles. The van der Waals surface area contributed by atoms with Crippen molar-refractivity contribution in [2.75, 3.05) is 66.1 Å². The molecule has 0 N–H and O–H groups in total. The number of rotatable bonds is 18. The van der Waals surface area contributed by atoms with Crippen molar-refractivity contribution in [1.82, 2.24) is 4.98 Å². The Balaban J connectivity index is 1.36. The SMILES string of the molecule is Cc1ccc(S(=O)(=O)OCCOCCOCCOCCOCCOc2ncc(Br)cc2C#N)cc1. The predicted molar refractivity (Wildman–Crippen MR) is 130 cm³/mol. The van der Waals surface area contributed by atoms with Crippen LogP contribution in [0.4, 0.5) is 0 Å². The average Bonchev–Trinajstić information content (AvgIpc) is 2.84. The Kier molecular flexibility index (Phi) is 13.8. The first kappa shape index (κ1) is 29.1. The first-order valence-corrected chi connectivity index (χ1v) is 13.1. The zero-order valence-electron chi connectivity index (χ0n) is 19.5. The van der Waals surface area contributed by atoms with E-state index in [1.807, 2.05) is 13.0 Å². The first-order valence-electron chi connectivity index (χ1n) is 10.9. The lowest BCUT2D eigenvalue weighted by Crippen LogP contribution is -2.15. The van der Waals surface area contributed by atoms with Crippen LogP contribution in [-0.2, 0) is 33.2 Å². The zero-order chi connectivity index (χ0) is 25.4. The van der Waals surface area contributed by atoms with Crippen molar-refractivity contribution in [3.8, 4) is 11.9 Å². The minimum absolute atomic E-state index is 0.0660. The van der Waals surface area contributed by atoms with Crippen molar-refractivity contribution in [2.24, 2.45) is 0 Å². The van der Waals surface area contributed by atoms with Crippen molar-refractivity contribution in [2.45, 2.75) is 11.8 Å². The van der Waals surface area contributed by atoms with Crippen LogP contribution in [-0.4, -0.2) is 79.5 Å². The van der Waals surface area contributed by atoms with Gasteiger partial charge in [0.15, 0.2) is 0 Å². The topological polar surface area (TPSA) is 126 Å². The number of aromatic nitrogens is 1. The highest BCUT2D eigenvalue weighted by atomic mass is 79.9. The molecule has 0 radical (unpaired) electrons. The third-order valence-corrected chi connectivity index (χ3v) is 6.06. The van der Waals surface area contributed by atoms with Gasteiger partial charge in [0.1, 0.15) is 18.2 Å². The fourth-order valence-electron chi connectivity index (χ4n) is 2.56. The molecule has 0 bridgehead atoms. The Morgan fingerprint density at radius 3 is 1.91 bits per heavy atom. The Labute approximate surface area is 214 Å². The van der Waals surface area contributed by atoms with E-state index >= 15 is 0 Å². The van der Waals surface area contributed by atoms with E-state index in [2.05, 4.69) is 20.9 Å². The third-order valence-electron chi connectivity index (χ3n) is 4.30. The lowest BCUT2D eigenvalue weighted by atomic mass is 10.2. The standard InChI is InChI=1S/C23H29BrN2O8S/c1-19-2-4-22(5-3-19)35(27,28)34-15-13-32-11-9-30-7-6-29-8-10-31-12-14-33-23-20(17-25)16-21(24)18-26-23/h2-5,16,18H,6-15H2,1H3. The Bertz CT molecular complexity index is 1030. The molecule has 0 aliphatic rings. The molecule has 0 spiro atoms. The molecular weight excluding hydrogens is 544 g/mol. The molecule has 0 amide bonds. The van der Waals surface area contributed by atoms with Crippen LogP contribution in [0.1, 0.15) is 11.1 Å². The number of nitriles is 1. The average molecular weight is 573 g/mol. The molecule has 192 valence electrons. The van der Waals surface area contributed by atoms with Gasteiger partial charge in [-0.3, -0.25) is 4.18 Å². The Morgan fingerprint density at radius 2 is 1.37 bits per heavy atom. The monoisotopic (exact) mass is 572 g/mol. The van der Waals surface area contributed by atoms with Gasteiger partial charge in [-0.15, -0.1) is 0 Å². The summed E-state index contributed by atoms with van der Waals surface area (Å²) < 4.78 is 56.6. The van der Waals surface area contributed by atoms with Crippen LogP contribution >= 0.6 is 15.9 Å². The number of nitrogens with zero attached hydrogens (tertiary/aromatic N) is 2. The fourth-order valence-corrected chi connectivity index (χ4v) is 3.78. The largest absolute Gasteiger partial charge is 0.474 e. The van der Waals surface area contributed by atoms with Gasteiger partial charge in [-0.1, -0.05) is 17.7 Å². The van der Waals surface area contributed by atoms with E-state index in [0.717, 1.165) is 5.56 Å². The Morgan fingerprint density at radius 1 is 0.857 bits per heavy atom. The molecule has 12 heteroatoms. The number of ether oxygens (including phenoxy) is 5. The minimum atomic E-state index is -3.77. The highest BCUT2D eigenvalue weighted by Gasteiger charge is 2.14. The molecule has 2 rings (SSSR count). The van der Waals surface area contributed by atoms with Crippen LogP contribution in [0.3, 0.4) is 0 Å². The van der Waals surface area contributed by atoms with Crippen LogP contribution in [0.5, 0.6) is 5.88 Å². The maximum atomic E-state index is 12.0. The summed E-state index contributed by atoms with van der Waals surface area (Å²) in [5, 5.41) is 9.06. The van der Waals surface area contributed by atoms with Crippen LogP contribution in [0.15, 0.2) is 45.9 Å². The second-order valence-corrected chi connectivity index (χ2v) is 9.54. The highest BCUT2D eigenvalue weighted by Crippen LogP contribution is 2.18. The molecule has 1 aromatic carbocycles. The summed E-state index contributed by atoms with van der Waals surface area (Å²) in [5.41, 5.74) is 1.33. The van der Waals surface area contributed by atoms with Gasteiger partial charge in [0, 0.05) is 10.7 Å². The molecule has 0 aliphatic heterocycles. The highest BCUT2D eigenvalue weighted by molar-refractivity contribution is 9.10. The number of pyridine rings is 1. The van der Waals surface area contributed by atoms with E-state index in [0.29, 0.717) is 56.3 Å². The molecule has 0 aliphatic carbocycles. The number of hydrogen-bond acceptors (Lipinski definition) is 10. The molecule has 0 atom stereocenters. The molecule has 2 aromatic rings. The van der Waals surface area contributed by atoms with Crippen molar-refractivity contribution in [1.29, 1.82) is 5.26 Å². The van der Waals surface area contributed by atoms with Crippen LogP contribution in [0.25, 0.3) is 0 Å². The summed E-state index contributed by atoms with van der Waals surface area (Å²) >= 11 is 3.25. The molecule has 0 fully saturated rings. The molecule has 1 heterocycles. The van der Waals surface area contributed by atoms with Crippen molar-refractivity contribution >= 4 is 26.0 Å². The number of benzene rings is 1. The summed E-state index contributed by atoms with van der Waals surface area (Å²) in [6.45, 7) is 4.86. The van der Waals surface area contributed by atoms with E-state index in [1.165, 1.54) is 12.1 Å². The van der Waals surface area contributed by atoms with E-state index in [4.69, 9.17) is 33.1 Å². The van der Waals surface area contributed by atoms with Gasteiger partial charge in [0.25, 0.3) is 10.1 Å².